The molecule has 0 bridgehead atoms. The zero-order valence-electron chi connectivity index (χ0n) is 21.6. The average Bonchev–Trinajstić information content (AvgIpc) is 3.54. The second-order valence-electron chi connectivity index (χ2n) is 9.51. The minimum absolute atomic E-state index is 0.0162. The van der Waals surface area contributed by atoms with Gasteiger partial charge in [0.1, 0.15) is 23.4 Å². The number of aryl methyl sites for hydroxylation is 1. The topological polar surface area (TPSA) is 106 Å². The van der Waals surface area contributed by atoms with Gasteiger partial charge in [-0.2, -0.15) is 0 Å². The van der Waals surface area contributed by atoms with E-state index in [9.17, 15) is 19.5 Å². The van der Waals surface area contributed by atoms with Crippen molar-refractivity contribution >= 4 is 39.7 Å². The molecule has 2 aromatic carbocycles. The Bertz CT molecular complexity index is 1490. The maximum atomic E-state index is 13.5. The van der Waals surface area contributed by atoms with E-state index in [0.717, 1.165) is 29.1 Å². The summed E-state index contributed by atoms with van der Waals surface area (Å²) in [4.78, 5) is 45.3. The van der Waals surface area contributed by atoms with Crippen LogP contribution in [0.4, 0.5) is 5.13 Å². The lowest BCUT2D eigenvalue weighted by molar-refractivity contribution is -0.132. The highest BCUT2D eigenvalue weighted by molar-refractivity contribution is 7.18. The number of hydrogen-bond donors (Lipinski definition) is 1. The minimum atomic E-state index is -0.964. The van der Waals surface area contributed by atoms with Crippen LogP contribution in [0.2, 0.25) is 0 Å². The van der Waals surface area contributed by atoms with E-state index in [4.69, 9.17) is 9.47 Å². The summed E-state index contributed by atoms with van der Waals surface area (Å²) in [5.41, 5.74) is 2.35. The van der Waals surface area contributed by atoms with Crippen LogP contribution in [0, 0.1) is 6.92 Å². The Balaban J connectivity index is 1.68. The van der Waals surface area contributed by atoms with Gasteiger partial charge in [-0.15, -0.1) is 0 Å². The summed E-state index contributed by atoms with van der Waals surface area (Å²) in [5, 5.41) is 11.7. The smallest absolute Gasteiger partial charge is 0.301 e. The SMILES string of the molecule is CCCOc1cccc(C2/C(=C(\O)c3ccc4c(c3)CC(C)O4)C(=O)C(=O)N2c2nc(C)c(C(C)=O)s2)c1. The number of hydrogen-bond acceptors (Lipinski definition) is 8. The highest BCUT2D eigenvalue weighted by Crippen LogP contribution is 2.45. The first-order chi connectivity index (χ1) is 18.2. The molecule has 9 heteroatoms. The largest absolute Gasteiger partial charge is 0.507 e. The number of nitrogens with zero attached hydrogens (tertiary/aromatic N) is 2. The predicted molar refractivity (Wildman–Crippen MR) is 144 cm³/mol. The Morgan fingerprint density at radius 3 is 2.74 bits per heavy atom. The monoisotopic (exact) mass is 532 g/mol. The highest BCUT2D eigenvalue weighted by atomic mass is 32.1. The van der Waals surface area contributed by atoms with E-state index in [1.165, 1.54) is 11.8 Å². The maximum Gasteiger partial charge on any atom is 0.301 e. The zero-order chi connectivity index (χ0) is 27.1. The summed E-state index contributed by atoms with van der Waals surface area (Å²) in [5.74, 6) is -0.782. The lowest BCUT2D eigenvalue weighted by Crippen LogP contribution is -2.29. The quantitative estimate of drug-likeness (QED) is 0.188. The molecule has 5 rings (SSSR count). The van der Waals surface area contributed by atoms with Gasteiger partial charge in [-0.1, -0.05) is 30.4 Å². The molecule has 1 aromatic heterocycles. The van der Waals surface area contributed by atoms with Crippen molar-refractivity contribution in [2.45, 2.75) is 52.7 Å². The van der Waals surface area contributed by atoms with E-state index in [-0.39, 0.29) is 28.4 Å². The summed E-state index contributed by atoms with van der Waals surface area (Å²) < 4.78 is 11.6. The fourth-order valence-corrected chi connectivity index (χ4v) is 5.87. The van der Waals surface area contributed by atoms with Crippen LogP contribution in [0.15, 0.2) is 48.0 Å². The number of ketones is 2. The van der Waals surface area contributed by atoms with Gasteiger partial charge >= 0.3 is 5.91 Å². The highest BCUT2D eigenvalue weighted by Gasteiger charge is 2.48. The number of Topliss-reactive ketones (excluding diaryl/α,β-unsaturated/α-hetero) is 2. The fourth-order valence-electron chi connectivity index (χ4n) is 4.88. The molecule has 2 aliphatic heterocycles. The van der Waals surface area contributed by atoms with Crippen molar-refractivity contribution in [3.8, 4) is 11.5 Å². The standard InChI is InChI=1S/C29H28N2O6S/c1-5-11-36-21-8-6-7-18(14-21)24-23(25(33)19-9-10-22-20(13-19)12-15(2)37-22)26(34)28(35)31(24)29-30-16(3)27(38-29)17(4)32/h6-10,13-15,24,33H,5,11-12H2,1-4H3/b25-23+. The van der Waals surface area contributed by atoms with Crippen molar-refractivity contribution in [2.24, 2.45) is 0 Å². The molecule has 1 fully saturated rings. The average molecular weight is 533 g/mol. The van der Waals surface area contributed by atoms with Gasteiger partial charge < -0.3 is 14.6 Å². The molecule has 8 nitrogen and oxygen atoms in total. The third kappa shape index (κ3) is 4.47. The van der Waals surface area contributed by atoms with E-state index in [2.05, 4.69) is 4.98 Å². The van der Waals surface area contributed by atoms with Crippen molar-refractivity contribution in [1.29, 1.82) is 0 Å². The van der Waals surface area contributed by atoms with Gasteiger partial charge in [-0.05, 0) is 61.7 Å². The zero-order valence-corrected chi connectivity index (χ0v) is 22.4. The van der Waals surface area contributed by atoms with Crippen LogP contribution in [0.5, 0.6) is 11.5 Å². The minimum Gasteiger partial charge on any atom is -0.507 e. The number of fused-ring (bicyclic) bond motifs is 1. The first kappa shape index (κ1) is 25.7. The third-order valence-corrected chi connectivity index (χ3v) is 7.83. The van der Waals surface area contributed by atoms with Gasteiger partial charge in [0.25, 0.3) is 5.78 Å². The van der Waals surface area contributed by atoms with E-state index >= 15 is 0 Å². The van der Waals surface area contributed by atoms with Gasteiger partial charge in [0.15, 0.2) is 10.9 Å². The Labute approximate surface area is 224 Å². The molecule has 0 saturated carbocycles. The number of anilines is 1. The summed E-state index contributed by atoms with van der Waals surface area (Å²) in [7, 11) is 0. The molecule has 1 amide bonds. The Morgan fingerprint density at radius 2 is 2.03 bits per heavy atom. The molecule has 0 spiro atoms. The molecule has 38 heavy (non-hydrogen) atoms. The van der Waals surface area contributed by atoms with E-state index in [1.807, 2.05) is 13.8 Å². The molecule has 0 radical (unpaired) electrons. The number of amides is 1. The molecule has 2 unspecified atom stereocenters. The van der Waals surface area contributed by atoms with Gasteiger partial charge in [0.05, 0.1) is 28.8 Å². The van der Waals surface area contributed by atoms with Crippen LogP contribution in [0.3, 0.4) is 0 Å². The lowest BCUT2D eigenvalue weighted by Gasteiger charge is -2.23. The fraction of sp³-hybridized carbons (Fsp3) is 0.310. The first-order valence-corrected chi connectivity index (χ1v) is 13.3. The molecule has 1 N–H and O–H groups in total. The Hall–Kier alpha value is -3.98. The Kier molecular flexibility index (Phi) is 6.79. The second kappa shape index (κ2) is 10.1. The third-order valence-electron chi connectivity index (χ3n) is 6.57. The molecule has 2 atom stereocenters. The van der Waals surface area contributed by atoms with Crippen LogP contribution >= 0.6 is 11.3 Å². The number of ether oxygens (including phenoxy) is 2. The maximum absolute atomic E-state index is 13.5. The lowest BCUT2D eigenvalue weighted by atomic mass is 9.94. The summed E-state index contributed by atoms with van der Waals surface area (Å²) in [6.45, 7) is 7.59. The normalized spacial score (nSPS) is 19.9. The Morgan fingerprint density at radius 1 is 1.24 bits per heavy atom. The van der Waals surface area contributed by atoms with E-state index in [0.29, 0.717) is 40.5 Å². The van der Waals surface area contributed by atoms with Crippen LogP contribution in [0.25, 0.3) is 5.76 Å². The van der Waals surface area contributed by atoms with Gasteiger partial charge in [0, 0.05) is 18.9 Å². The summed E-state index contributed by atoms with van der Waals surface area (Å²) in [6.07, 6.45) is 1.51. The number of thiazole rings is 1. The van der Waals surface area contributed by atoms with Gasteiger partial charge in [-0.3, -0.25) is 19.3 Å². The van der Waals surface area contributed by atoms with Crippen LogP contribution in [-0.2, 0) is 16.0 Å². The van der Waals surface area contributed by atoms with Crippen molar-refractivity contribution in [1.82, 2.24) is 4.98 Å². The van der Waals surface area contributed by atoms with Gasteiger partial charge in [-0.25, -0.2) is 4.98 Å². The second-order valence-corrected chi connectivity index (χ2v) is 10.5. The molecule has 0 aliphatic carbocycles. The number of carbonyl (C=O) groups excluding carboxylic acids is 3. The number of carbonyl (C=O) groups is 3. The van der Waals surface area contributed by atoms with Gasteiger partial charge in [0.2, 0.25) is 0 Å². The number of aliphatic hydroxyl groups is 1. The van der Waals surface area contributed by atoms with Crippen molar-refractivity contribution in [3.05, 3.63) is 75.3 Å². The summed E-state index contributed by atoms with van der Waals surface area (Å²) >= 11 is 1.05. The molecule has 1 saturated heterocycles. The molecule has 196 valence electrons. The predicted octanol–water partition coefficient (Wildman–Crippen LogP) is 5.39. The van der Waals surface area contributed by atoms with E-state index < -0.39 is 17.7 Å². The van der Waals surface area contributed by atoms with E-state index in [1.54, 1.807) is 49.4 Å². The molecular weight excluding hydrogens is 504 g/mol. The number of aromatic nitrogens is 1. The van der Waals surface area contributed by atoms with Crippen LogP contribution < -0.4 is 14.4 Å². The number of aliphatic hydroxyl groups excluding tert-OH is 1. The summed E-state index contributed by atoms with van der Waals surface area (Å²) in [6, 6.07) is 11.4. The van der Waals surface area contributed by atoms with Crippen molar-refractivity contribution in [2.75, 3.05) is 11.5 Å². The molecule has 3 aromatic rings. The molecular formula is C29H28N2O6S. The van der Waals surface area contributed by atoms with Crippen LogP contribution in [0.1, 0.15) is 65.3 Å². The number of benzene rings is 2. The first-order valence-electron chi connectivity index (χ1n) is 12.5. The molecule has 3 heterocycles. The molecule has 2 aliphatic rings. The van der Waals surface area contributed by atoms with Crippen molar-refractivity contribution in [3.63, 3.8) is 0 Å². The number of rotatable bonds is 7. The van der Waals surface area contributed by atoms with Crippen LogP contribution in [-0.4, -0.2) is 40.3 Å². The van der Waals surface area contributed by atoms with Crippen molar-refractivity contribution < 1.29 is 29.0 Å².